The van der Waals surface area contributed by atoms with Gasteiger partial charge in [-0.15, -0.1) is 0 Å². The minimum Gasteiger partial charge on any atom is -0.475 e. The van der Waals surface area contributed by atoms with Gasteiger partial charge in [-0.25, -0.2) is 9.78 Å². The molecule has 11 heteroatoms. The van der Waals surface area contributed by atoms with Gasteiger partial charge >= 0.3 is 12.1 Å². The van der Waals surface area contributed by atoms with Crippen LogP contribution in [0.3, 0.4) is 0 Å². The smallest absolute Gasteiger partial charge is 0.475 e. The van der Waals surface area contributed by atoms with Gasteiger partial charge in [-0.2, -0.15) is 13.2 Å². The van der Waals surface area contributed by atoms with Crippen LogP contribution in [0.2, 0.25) is 0 Å². The third-order valence-electron chi connectivity index (χ3n) is 5.46. The fraction of sp³-hybridized carbons (Fsp3) is 0.429. The summed E-state index contributed by atoms with van der Waals surface area (Å²) in [6, 6.07) is 9.84. The molecule has 2 fully saturated rings. The highest BCUT2D eigenvalue weighted by Gasteiger charge is 2.38. The largest absolute Gasteiger partial charge is 0.490 e. The fourth-order valence-electron chi connectivity index (χ4n) is 3.76. The molecule has 1 aromatic carbocycles. The van der Waals surface area contributed by atoms with Crippen LogP contribution in [0, 0.1) is 11.8 Å². The Kier molecular flexibility index (Phi) is 7.29. The summed E-state index contributed by atoms with van der Waals surface area (Å²) in [5.74, 6) is -0.788. The number of fused-ring (bicyclic) bond motifs is 1. The van der Waals surface area contributed by atoms with E-state index in [0.29, 0.717) is 17.5 Å². The molecule has 32 heavy (non-hydrogen) atoms. The summed E-state index contributed by atoms with van der Waals surface area (Å²) in [4.78, 5) is 32.5. The van der Waals surface area contributed by atoms with Crippen molar-refractivity contribution in [1.82, 2.24) is 20.6 Å². The number of carboxylic acid groups (broad SMARTS) is 1. The minimum absolute atomic E-state index is 0.0728. The maximum absolute atomic E-state index is 12.5. The number of halogens is 3. The number of nitrogens with zero attached hydrogens (tertiary/aromatic N) is 3. The number of carboxylic acids is 1. The van der Waals surface area contributed by atoms with Crippen LogP contribution in [-0.2, 0) is 4.79 Å². The van der Waals surface area contributed by atoms with Crippen molar-refractivity contribution < 1.29 is 27.9 Å². The number of aliphatic carboxylic acids is 1. The molecule has 1 amide bonds. The second-order valence-corrected chi connectivity index (χ2v) is 7.75. The maximum atomic E-state index is 12.5. The van der Waals surface area contributed by atoms with Crippen molar-refractivity contribution in [3.05, 3.63) is 54.0 Å². The lowest BCUT2D eigenvalue weighted by atomic mass is 10.0. The highest BCUT2D eigenvalue weighted by molar-refractivity contribution is 5.92. The van der Waals surface area contributed by atoms with Gasteiger partial charge in [-0.3, -0.25) is 9.78 Å². The zero-order valence-corrected chi connectivity index (χ0v) is 17.3. The first-order chi connectivity index (χ1) is 15.1. The van der Waals surface area contributed by atoms with Crippen molar-refractivity contribution in [1.29, 1.82) is 0 Å². The normalized spacial score (nSPS) is 20.7. The molecule has 4 rings (SSSR count). The second-order valence-electron chi connectivity index (χ2n) is 7.75. The van der Waals surface area contributed by atoms with Gasteiger partial charge in [0.15, 0.2) is 0 Å². The van der Waals surface area contributed by atoms with Crippen LogP contribution in [0.25, 0.3) is 0 Å². The number of hydrogen-bond acceptors (Lipinski definition) is 6. The number of amides is 1. The second kappa shape index (κ2) is 9.94. The first kappa shape index (κ1) is 23.5. The number of carbonyl (C=O) groups is 2. The molecular formula is C21H24F3N5O3. The first-order valence-corrected chi connectivity index (χ1v) is 10.1. The van der Waals surface area contributed by atoms with E-state index < -0.39 is 12.1 Å². The summed E-state index contributed by atoms with van der Waals surface area (Å²) in [5, 5.41) is 13.6. The quantitative estimate of drug-likeness (QED) is 0.655. The highest BCUT2D eigenvalue weighted by atomic mass is 19.4. The molecule has 0 bridgehead atoms. The van der Waals surface area contributed by atoms with Crippen LogP contribution in [-0.4, -0.2) is 59.3 Å². The van der Waals surface area contributed by atoms with Crippen LogP contribution < -0.4 is 15.5 Å². The molecule has 0 spiro atoms. The predicted molar refractivity (Wildman–Crippen MR) is 110 cm³/mol. The van der Waals surface area contributed by atoms with Gasteiger partial charge < -0.3 is 20.6 Å². The van der Waals surface area contributed by atoms with E-state index in [-0.39, 0.29) is 11.9 Å². The minimum atomic E-state index is -5.08. The molecule has 0 saturated carbocycles. The molecule has 0 radical (unpaired) electrons. The lowest BCUT2D eigenvalue weighted by Crippen LogP contribution is -2.29. The van der Waals surface area contributed by atoms with Crippen LogP contribution in [0.5, 0.6) is 0 Å². The van der Waals surface area contributed by atoms with Crippen LogP contribution >= 0.6 is 0 Å². The molecule has 3 atom stereocenters. The molecule has 2 aliphatic heterocycles. The summed E-state index contributed by atoms with van der Waals surface area (Å²) in [7, 11) is 0. The number of nitrogens with one attached hydrogen (secondary N) is 2. The van der Waals surface area contributed by atoms with Gasteiger partial charge in [0, 0.05) is 26.2 Å². The molecule has 1 unspecified atom stereocenters. The lowest BCUT2D eigenvalue weighted by molar-refractivity contribution is -0.192. The molecule has 8 nitrogen and oxygen atoms in total. The topological polar surface area (TPSA) is 107 Å². The number of carbonyl (C=O) groups excluding carboxylic acids is 1. The van der Waals surface area contributed by atoms with E-state index in [1.807, 2.05) is 37.3 Å². The Morgan fingerprint density at radius 1 is 1.16 bits per heavy atom. The zero-order chi connectivity index (χ0) is 23.3. The summed E-state index contributed by atoms with van der Waals surface area (Å²) in [6.07, 6.45) is -1.79. The molecule has 2 aromatic rings. The monoisotopic (exact) mass is 451 g/mol. The Hall–Kier alpha value is -3.21. The molecule has 2 aliphatic rings. The number of hydrogen-bond donors (Lipinski definition) is 3. The van der Waals surface area contributed by atoms with Gasteiger partial charge in [0.25, 0.3) is 5.91 Å². The Balaban J connectivity index is 0.000000360. The molecule has 2 saturated heterocycles. The van der Waals surface area contributed by atoms with E-state index in [2.05, 4.69) is 25.5 Å². The van der Waals surface area contributed by atoms with Crippen molar-refractivity contribution in [2.24, 2.45) is 11.8 Å². The van der Waals surface area contributed by atoms with Crippen LogP contribution in [0.1, 0.15) is 29.0 Å². The molecule has 3 heterocycles. The van der Waals surface area contributed by atoms with Crippen LogP contribution in [0.4, 0.5) is 19.0 Å². The number of benzene rings is 1. The van der Waals surface area contributed by atoms with E-state index in [1.165, 1.54) is 6.20 Å². The average molecular weight is 451 g/mol. The summed E-state index contributed by atoms with van der Waals surface area (Å²) < 4.78 is 31.7. The molecule has 1 aromatic heterocycles. The number of rotatable bonds is 4. The SMILES string of the molecule is CC(NC(=O)c1cncc(N2C[C@H]3CNC[C@H]3C2)n1)c1ccccc1.O=C(O)C(F)(F)F. The first-order valence-electron chi connectivity index (χ1n) is 10.1. The molecule has 0 aliphatic carbocycles. The van der Waals surface area contributed by atoms with Gasteiger partial charge in [-0.05, 0) is 24.3 Å². The van der Waals surface area contributed by atoms with Crippen molar-refractivity contribution >= 4 is 17.7 Å². The summed E-state index contributed by atoms with van der Waals surface area (Å²) in [5.41, 5.74) is 1.44. The van der Waals surface area contributed by atoms with Gasteiger partial charge in [0.1, 0.15) is 11.5 Å². The van der Waals surface area contributed by atoms with Gasteiger partial charge in [-0.1, -0.05) is 30.3 Å². The third kappa shape index (κ3) is 5.94. The highest BCUT2D eigenvalue weighted by Crippen LogP contribution is 2.29. The van der Waals surface area contributed by atoms with Crippen LogP contribution in [0.15, 0.2) is 42.7 Å². The summed E-state index contributed by atoms with van der Waals surface area (Å²) >= 11 is 0. The van der Waals surface area contributed by atoms with Crippen molar-refractivity contribution in [2.75, 3.05) is 31.1 Å². The number of aromatic nitrogens is 2. The van der Waals surface area contributed by atoms with E-state index >= 15 is 0 Å². The van der Waals surface area contributed by atoms with E-state index in [0.717, 1.165) is 37.6 Å². The fourth-order valence-corrected chi connectivity index (χ4v) is 3.76. The van der Waals surface area contributed by atoms with Crippen molar-refractivity contribution in [3.63, 3.8) is 0 Å². The van der Waals surface area contributed by atoms with E-state index in [4.69, 9.17) is 9.90 Å². The van der Waals surface area contributed by atoms with Crippen molar-refractivity contribution in [2.45, 2.75) is 19.1 Å². The summed E-state index contributed by atoms with van der Waals surface area (Å²) in [6.45, 7) is 6.08. The van der Waals surface area contributed by atoms with Gasteiger partial charge in [0.2, 0.25) is 0 Å². The predicted octanol–water partition coefficient (Wildman–Crippen LogP) is 2.26. The molecule has 172 valence electrons. The Morgan fingerprint density at radius 3 is 2.31 bits per heavy atom. The Labute approximate surface area is 182 Å². The van der Waals surface area contributed by atoms with E-state index in [1.54, 1.807) is 6.20 Å². The average Bonchev–Trinajstić information content (AvgIpc) is 3.37. The number of alkyl halides is 3. The van der Waals surface area contributed by atoms with E-state index in [9.17, 15) is 18.0 Å². The Bertz CT molecular complexity index is 930. The standard InChI is InChI=1S/C19H23N5O.C2HF3O2/c1-13(14-5-3-2-4-6-14)22-19(25)17-9-21-10-18(23-17)24-11-15-7-20-8-16(15)12-24;3-2(4,5)1(6)7/h2-6,9-10,13,15-16,20H,7-8,11-12H2,1H3,(H,22,25);(H,6,7)/t13?,15-,16+;. The van der Waals surface area contributed by atoms with Gasteiger partial charge in [0.05, 0.1) is 18.4 Å². The number of anilines is 1. The third-order valence-corrected chi connectivity index (χ3v) is 5.46. The Morgan fingerprint density at radius 2 is 1.75 bits per heavy atom. The lowest BCUT2D eigenvalue weighted by Gasteiger charge is -2.19. The molecule has 3 N–H and O–H groups in total. The maximum Gasteiger partial charge on any atom is 0.490 e. The zero-order valence-electron chi connectivity index (χ0n) is 17.3. The van der Waals surface area contributed by atoms with Crippen molar-refractivity contribution in [3.8, 4) is 0 Å². The molecular weight excluding hydrogens is 427 g/mol.